The van der Waals surface area contributed by atoms with E-state index in [0.29, 0.717) is 28.0 Å². The number of nitrogens with zero attached hydrogens (tertiary/aromatic N) is 3. The Morgan fingerprint density at radius 3 is 2.35 bits per heavy atom. The number of rotatable bonds is 4. The Hall–Kier alpha value is -2.07. The molecule has 0 N–H and O–H groups in total. The maximum atomic E-state index is 6.73. The largest absolute Gasteiger partial charge is 0.236 e. The van der Waals surface area contributed by atoms with E-state index in [1.807, 2.05) is 59.3 Å². The molecule has 0 spiro atoms. The fraction of sp³-hybridized carbons (Fsp3) is 0.100. The van der Waals surface area contributed by atoms with Gasteiger partial charge in [-0.05, 0) is 36.2 Å². The minimum Gasteiger partial charge on any atom is -0.236 e. The van der Waals surface area contributed by atoms with E-state index in [4.69, 9.17) is 39.9 Å². The molecule has 2 aromatic carbocycles. The summed E-state index contributed by atoms with van der Waals surface area (Å²) in [6.45, 7) is 0. The fourth-order valence-corrected chi connectivity index (χ4v) is 3.57. The number of pyridine rings is 1. The van der Waals surface area contributed by atoms with Crippen LogP contribution in [-0.4, -0.2) is 20.6 Å². The Kier molecular flexibility index (Phi) is 4.86. The van der Waals surface area contributed by atoms with Gasteiger partial charge in [-0.3, -0.25) is 0 Å². The highest BCUT2D eigenvalue weighted by Gasteiger charge is 2.19. The second kappa shape index (κ2) is 7.28. The normalized spacial score (nSPS) is 11.2. The maximum absolute atomic E-state index is 6.73. The molecule has 0 aliphatic heterocycles. The summed E-state index contributed by atoms with van der Waals surface area (Å²) >= 11 is 18.7. The van der Waals surface area contributed by atoms with E-state index >= 15 is 0 Å². The first-order valence-corrected chi connectivity index (χ1v) is 9.41. The molecule has 0 bridgehead atoms. The molecule has 0 aliphatic carbocycles. The molecule has 3 nitrogen and oxygen atoms in total. The molecule has 0 radical (unpaired) electrons. The lowest BCUT2D eigenvalue weighted by Gasteiger charge is -2.05. The van der Waals surface area contributed by atoms with Gasteiger partial charge in [-0.1, -0.05) is 53.5 Å². The van der Waals surface area contributed by atoms with Gasteiger partial charge in [0.25, 0.3) is 0 Å². The van der Waals surface area contributed by atoms with Gasteiger partial charge in [0, 0.05) is 22.7 Å². The summed E-state index contributed by atoms with van der Waals surface area (Å²) in [4.78, 5) is 4.63. The first-order chi connectivity index (χ1) is 12.7. The van der Waals surface area contributed by atoms with E-state index in [1.165, 1.54) is 0 Å². The molecule has 26 heavy (non-hydrogen) atoms. The Morgan fingerprint density at radius 2 is 1.65 bits per heavy atom. The van der Waals surface area contributed by atoms with Crippen molar-refractivity contribution in [3.63, 3.8) is 0 Å². The second-order valence-electron chi connectivity index (χ2n) is 5.84. The van der Waals surface area contributed by atoms with Crippen molar-refractivity contribution in [1.29, 1.82) is 0 Å². The maximum Gasteiger partial charge on any atom is 0.165 e. The Morgan fingerprint density at radius 1 is 0.923 bits per heavy atom. The van der Waals surface area contributed by atoms with Gasteiger partial charge in [0.05, 0.1) is 16.1 Å². The quantitative estimate of drug-likeness (QED) is 0.382. The van der Waals surface area contributed by atoms with Crippen molar-refractivity contribution in [1.82, 2.24) is 14.8 Å². The summed E-state index contributed by atoms with van der Waals surface area (Å²) in [7, 11) is 0. The first kappa shape index (κ1) is 17.3. The molecule has 2 heterocycles. The van der Waals surface area contributed by atoms with Gasteiger partial charge < -0.3 is 0 Å². The van der Waals surface area contributed by atoms with Crippen LogP contribution in [0.25, 0.3) is 28.0 Å². The van der Waals surface area contributed by atoms with Crippen LogP contribution < -0.4 is 0 Å². The van der Waals surface area contributed by atoms with Crippen LogP contribution in [0.4, 0.5) is 0 Å². The highest BCUT2D eigenvalue weighted by molar-refractivity contribution is 6.37. The monoisotopic (exact) mass is 401 g/mol. The molecule has 0 saturated heterocycles. The smallest absolute Gasteiger partial charge is 0.165 e. The molecule has 0 aliphatic rings. The van der Waals surface area contributed by atoms with Crippen LogP contribution in [-0.2, 0) is 6.42 Å². The number of aromatic nitrogens is 3. The number of para-hydroxylation sites is 1. The standard InChI is InChI=1S/C20H14Cl3N3/c21-11-10-14-12-24-20-17(18(14)23)19(13-6-8-15(22)9-7-13)25-26(20)16-4-2-1-3-5-16/h1-9,12H,10-11H2. The van der Waals surface area contributed by atoms with Gasteiger partial charge in [-0.2, -0.15) is 5.10 Å². The summed E-state index contributed by atoms with van der Waals surface area (Å²) in [5, 5.41) is 6.95. The number of aryl methyl sites for hydroxylation is 1. The summed E-state index contributed by atoms with van der Waals surface area (Å²) in [6, 6.07) is 17.4. The highest BCUT2D eigenvalue weighted by Crippen LogP contribution is 2.36. The fourth-order valence-electron chi connectivity index (χ4n) is 2.92. The van der Waals surface area contributed by atoms with Crippen LogP contribution in [0.2, 0.25) is 10.0 Å². The third-order valence-electron chi connectivity index (χ3n) is 4.19. The Balaban J connectivity index is 2.03. The van der Waals surface area contributed by atoms with E-state index in [0.717, 1.165) is 27.9 Å². The van der Waals surface area contributed by atoms with Crippen molar-refractivity contribution in [2.45, 2.75) is 6.42 Å². The van der Waals surface area contributed by atoms with Gasteiger partial charge in [0.2, 0.25) is 0 Å². The molecule has 0 unspecified atom stereocenters. The lowest BCUT2D eigenvalue weighted by atomic mass is 10.1. The molecule has 0 atom stereocenters. The van der Waals surface area contributed by atoms with Crippen LogP contribution in [0.5, 0.6) is 0 Å². The van der Waals surface area contributed by atoms with E-state index < -0.39 is 0 Å². The van der Waals surface area contributed by atoms with E-state index in [1.54, 1.807) is 6.20 Å². The average molecular weight is 403 g/mol. The lowest BCUT2D eigenvalue weighted by Crippen LogP contribution is -1.98. The number of benzene rings is 2. The van der Waals surface area contributed by atoms with Crippen LogP contribution in [0, 0.1) is 0 Å². The number of hydrogen-bond acceptors (Lipinski definition) is 2. The zero-order valence-corrected chi connectivity index (χ0v) is 15.9. The summed E-state index contributed by atoms with van der Waals surface area (Å²) in [5.74, 6) is 0.482. The SMILES string of the molecule is ClCCc1cnc2c(c(-c3ccc(Cl)cc3)nn2-c2ccccc2)c1Cl. The van der Waals surface area contributed by atoms with Crippen LogP contribution in [0.15, 0.2) is 60.8 Å². The van der Waals surface area contributed by atoms with Crippen LogP contribution in [0.3, 0.4) is 0 Å². The first-order valence-electron chi connectivity index (χ1n) is 8.12. The molecule has 0 amide bonds. The number of alkyl halides is 1. The molecule has 4 aromatic rings. The summed E-state index contributed by atoms with van der Waals surface area (Å²) < 4.78 is 1.82. The molecule has 0 saturated carbocycles. The third kappa shape index (κ3) is 3.07. The van der Waals surface area contributed by atoms with Crippen molar-refractivity contribution in [3.05, 3.63) is 76.4 Å². The minimum atomic E-state index is 0.482. The third-order valence-corrected chi connectivity index (χ3v) is 5.06. The van der Waals surface area contributed by atoms with Crippen LogP contribution in [0.1, 0.15) is 5.56 Å². The molecule has 4 rings (SSSR count). The summed E-state index contributed by atoms with van der Waals surface area (Å²) in [5.41, 5.74) is 4.25. The van der Waals surface area contributed by atoms with Crippen molar-refractivity contribution in [2.24, 2.45) is 0 Å². The zero-order chi connectivity index (χ0) is 18.1. The van der Waals surface area contributed by atoms with Crippen molar-refractivity contribution in [2.75, 3.05) is 5.88 Å². The Labute approximate surface area is 166 Å². The number of hydrogen-bond donors (Lipinski definition) is 0. The molecule has 0 fully saturated rings. The van der Waals surface area contributed by atoms with Crippen molar-refractivity contribution in [3.8, 4) is 16.9 Å². The van der Waals surface area contributed by atoms with Gasteiger partial charge >= 0.3 is 0 Å². The predicted octanol–water partition coefficient (Wildman–Crippen LogP) is 6.18. The minimum absolute atomic E-state index is 0.482. The molecule has 2 aromatic heterocycles. The topological polar surface area (TPSA) is 30.7 Å². The van der Waals surface area contributed by atoms with Crippen molar-refractivity contribution >= 4 is 45.8 Å². The average Bonchev–Trinajstić information content (AvgIpc) is 3.06. The molecular formula is C20H14Cl3N3. The van der Waals surface area contributed by atoms with Crippen molar-refractivity contribution < 1.29 is 0 Å². The van der Waals surface area contributed by atoms with E-state index in [2.05, 4.69) is 4.98 Å². The lowest BCUT2D eigenvalue weighted by molar-refractivity contribution is 0.900. The zero-order valence-electron chi connectivity index (χ0n) is 13.7. The molecule has 6 heteroatoms. The van der Waals surface area contributed by atoms with Gasteiger partial charge in [-0.15, -0.1) is 11.6 Å². The van der Waals surface area contributed by atoms with Gasteiger partial charge in [-0.25, -0.2) is 9.67 Å². The molecule has 130 valence electrons. The van der Waals surface area contributed by atoms with E-state index in [-0.39, 0.29) is 0 Å². The Bertz CT molecular complexity index is 1060. The highest BCUT2D eigenvalue weighted by atomic mass is 35.5. The van der Waals surface area contributed by atoms with Crippen LogP contribution >= 0.6 is 34.8 Å². The van der Waals surface area contributed by atoms with Gasteiger partial charge in [0.15, 0.2) is 5.65 Å². The van der Waals surface area contributed by atoms with Gasteiger partial charge in [0.1, 0.15) is 5.69 Å². The molecular weight excluding hydrogens is 389 g/mol. The van der Waals surface area contributed by atoms with E-state index in [9.17, 15) is 0 Å². The number of halogens is 3. The predicted molar refractivity (Wildman–Crippen MR) is 109 cm³/mol. The summed E-state index contributed by atoms with van der Waals surface area (Å²) in [6.07, 6.45) is 2.43. The number of fused-ring (bicyclic) bond motifs is 1. The second-order valence-corrected chi connectivity index (χ2v) is 7.03.